The molecule has 0 saturated heterocycles. The van der Waals surface area contributed by atoms with Gasteiger partial charge >= 0.3 is 0 Å². The summed E-state index contributed by atoms with van der Waals surface area (Å²) in [5, 5.41) is 6.45. The van der Waals surface area contributed by atoms with Gasteiger partial charge in [-0.15, -0.1) is 17.9 Å². The number of guanidine groups is 1. The summed E-state index contributed by atoms with van der Waals surface area (Å²) in [7, 11) is 5.52. The standard InChI is InChI=1S/C15H26N4OS2/c1-6-8-21-9-7-17-15(16-3)19(4)10-13-11-22-14(18-13)12(2)20-5/h6,11-12H,1,7-10H2,2-5H3,(H,16,17). The third-order valence-corrected chi connectivity index (χ3v) is 5.03. The SMILES string of the molecule is C=CCSCCNC(=NC)N(C)Cc1csc(C(C)OC)n1. The van der Waals surface area contributed by atoms with Gasteiger partial charge in [-0.3, -0.25) is 4.99 Å². The molecule has 0 spiro atoms. The van der Waals surface area contributed by atoms with E-state index in [1.54, 1.807) is 25.5 Å². The third kappa shape index (κ3) is 6.37. The Balaban J connectivity index is 2.45. The maximum absolute atomic E-state index is 5.30. The van der Waals surface area contributed by atoms with E-state index in [0.717, 1.165) is 41.3 Å². The molecule has 1 atom stereocenters. The number of methoxy groups -OCH3 is 1. The number of rotatable bonds is 9. The highest BCUT2D eigenvalue weighted by Crippen LogP contribution is 2.20. The van der Waals surface area contributed by atoms with Crippen LogP contribution in [0.4, 0.5) is 0 Å². The number of thioether (sulfide) groups is 1. The zero-order chi connectivity index (χ0) is 16.4. The van der Waals surface area contributed by atoms with E-state index in [-0.39, 0.29) is 6.10 Å². The van der Waals surface area contributed by atoms with Crippen molar-refractivity contribution in [2.75, 3.05) is 39.3 Å². The van der Waals surface area contributed by atoms with Gasteiger partial charge in [0, 0.05) is 44.6 Å². The molecule has 0 fully saturated rings. The average Bonchev–Trinajstić information content (AvgIpc) is 2.98. The lowest BCUT2D eigenvalue weighted by Crippen LogP contribution is -2.39. The van der Waals surface area contributed by atoms with Crippen LogP contribution in [-0.2, 0) is 11.3 Å². The topological polar surface area (TPSA) is 49.8 Å². The number of nitrogens with zero attached hydrogens (tertiary/aromatic N) is 3. The fourth-order valence-electron chi connectivity index (χ4n) is 1.79. The Labute approximate surface area is 141 Å². The van der Waals surface area contributed by atoms with Crippen LogP contribution in [0.15, 0.2) is 23.0 Å². The molecule has 0 bridgehead atoms. The molecule has 0 aliphatic carbocycles. The van der Waals surface area contributed by atoms with E-state index in [4.69, 9.17) is 4.74 Å². The Morgan fingerprint density at radius 2 is 2.45 bits per heavy atom. The molecule has 1 aromatic rings. The zero-order valence-corrected chi connectivity index (χ0v) is 15.5. The van der Waals surface area contributed by atoms with Crippen molar-refractivity contribution in [1.82, 2.24) is 15.2 Å². The van der Waals surface area contributed by atoms with Gasteiger partial charge in [0.2, 0.25) is 0 Å². The Morgan fingerprint density at radius 3 is 3.09 bits per heavy atom. The van der Waals surface area contributed by atoms with Gasteiger partial charge in [0.25, 0.3) is 0 Å². The fourth-order valence-corrected chi connectivity index (χ4v) is 3.21. The molecule has 0 aliphatic heterocycles. The molecule has 22 heavy (non-hydrogen) atoms. The monoisotopic (exact) mass is 342 g/mol. The van der Waals surface area contributed by atoms with Crippen LogP contribution in [0.3, 0.4) is 0 Å². The van der Waals surface area contributed by atoms with E-state index in [2.05, 4.69) is 32.2 Å². The molecule has 0 aliphatic rings. The molecule has 1 aromatic heterocycles. The molecule has 7 heteroatoms. The fraction of sp³-hybridized carbons (Fsp3) is 0.600. The van der Waals surface area contributed by atoms with Gasteiger partial charge in [-0.1, -0.05) is 6.08 Å². The summed E-state index contributed by atoms with van der Waals surface area (Å²) in [5.74, 6) is 2.90. The van der Waals surface area contributed by atoms with Crippen LogP contribution >= 0.6 is 23.1 Å². The Kier molecular flexibility index (Phi) is 9.19. The number of ether oxygens (including phenoxy) is 1. The summed E-state index contributed by atoms with van der Waals surface area (Å²) in [4.78, 5) is 11.0. The molecule has 1 rings (SSSR count). The highest BCUT2D eigenvalue weighted by molar-refractivity contribution is 7.99. The van der Waals surface area contributed by atoms with Crippen molar-refractivity contribution < 1.29 is 4.74 Å². The van der Waals surface area contributed by atoms with E-state index >= 15 is 0 Å². The quantitative estimate of drug-likeness (QED) is 0.324. The molecular weight excluding hydrogens is 316 g/mol. The summed E-state index contributed by atoms with van der Waals surface area (Å²) in [6.45, 7) is 7.34. The predicted octanol–water partition coefficient (Wildman–Crippen LogP) is 2.78. The summed E-state index contributed by atoms with van der Waals surface area (Å²) in [5.41, 5.74) is 1.04. The number of nitrogens with one attached hydrogen (secondary N) is 1. The minimum atomic E-state index is 0.0448. The smallest absolute Gasteiger partial charge is 0.193 e. The molecule has 5 nitrogen and oxygen atoms in total. The normalized spacial score (nSPS) is 13.0. The van der Waals surface area contributed by atoms with Crippen molar-refractivity contribution in [3.8, 4) is 0 Å². The first-order valence-electron chi connectivity index (χ1n) is 7.19. The van der Waals surface area contributed by atoms with Crippen molar-refractivity contribution in [2.24, 2.45) is 4.99 Å². The molecule has 124 valence electrons. The van der Waals surface area contributed by atoms with Crippen LogP contribution in [0.1, 0.15) is 23.7 Å². The summed E-state index contributed by atoms with van der Waals surface area (Å²) < 4.78 is 5.30. The third-order valence-electron chi connectivity index (χ3n) is 3.01. The van der Waals surface area contributed by atoms with Crippen molar-refractivity contribution in [1.29, 1.82) is 0 Å². The Morgan fingerprint density at radius 1 is 1.68 bits per heavy atom. The summed E-state index contributed by atoms with van der Waals surface area (Å²) in [6, 6.07) is 0. The maximum Gasteiger partial charge on any atom is 0.193 e. The predicted molar refractivity (Wildman–Crippen MR) is 97.9 cm³/mol. The number of aliphatic imine (C=N–C) groups is 1. The van der Waals surface area contributed by atoms with Gasteiger partial charge in [-0.25, -0.2) is 4.98 Å². The maximum atomic E-state index is 5.30. The van der Waals surface area contributed by atoms with Crippen molar-refractivity contribution in [3.63, 3.8) is 0 Å². The second-order valence-corrected chi connectivity index (χ2v) is 6.79. The minimum absolute atomic E-state index is 0.0448. The van der Waals surface area contributed by atoms with E-state index in [0.29, 0.717) is 0 Å². The second kappa shape index (κ2) is 10.6. The van der Waals surface area contributed by atoms with Gasteiger partial charge in [0.1, 0.15) is 11.1 Å². The van der Waals surface area contributed by atoms with Crippen LogP contribution < -0.4 is 5.32 Å². The first kappa shape index (κ1) is 19.0. The number of hydrogen-bond acceptors (Lipinski definition) is 5. The lowest BCUT2D eigenvalue weighted by Gasteiger charge is -2.21. The number of hydrogen-bond donors (Lipinski definition) is 1. The van der Waals surface area contributed by atoms with Gasteiger partial charge < -0.3 is 15.0 Å². The minimum Gasteiger partial charge on any atom is -0.375 e. The van der Waals surface area contributed by atoms with E-state index in [9.17, 15) is 0 Å². The summed E-state index contributed by atoms with van der Waals surface area (Å²) >= 11 is 3.49. The van der Waals surface area contributed by atoms with Crippen LogP contribution in [0, 0.1) is 0 Å². The molecule has 1 unspecified atom stereocenters. The molecule has 0 amide bonds. The van der Waals surface area contributed by atoms with E-state index < -0.39 is 0 Å². The second-order valence-electron chi connectivity index (χ2n) is 4.75. The molecule has 0 aromatic carbocycles. The molecular formula is C15H26N4OS2. The van der Waals surface area contributed by atoms with Crippen molar-refractivity contribution in [2.45, 2.75) is 19.6 Å². The van der Waals surface area contributed by atoms with Crippen molar-refractivity contribution in [3.05, 3.63) is 28.7 Å². The molecule has 1 N–H and O–H groups in total. The lowest BCUT2D eigenvalue weighted by atomic mass is 10.4. The van der Waals surface area contributed by atoms with Gasteiger partial charge in [0.05, 0.1) is 12.2 Å². The Bertz CT molecular complexity index is 476. The molecule has 0 saturated carbocycles. The van der Waals surface area contributed by atoms with E-state index in [1.165, 1.54) is 0 Å². The van der Waals surface area contributed by atoms with Gasteiger partial charge in [-0.05, 0) is 6.92 Å². The van der Waals surface area contributed by atoms with Gasteiger partial charge in [0.15, 0.2) is 5.96 Å². The van der Waals surface area contributed by atoms with Crippen molar-refractivity contribution >= 4 is 29.1 Å². The average molecular weight is 343 g/mol. The largest absolute Gasteiger partial charge is 0.375 e. The van der Waals surface area contributed by atoms with E-state index in [1.807, 2.05) is 31.8 Å². The zero-order valence-electron chi connectivity index (χ0n) is 13.8. The highest BCUT2D eigenvalue weighted by Gasteiger charge is 2.12. The molecule has 1 heterocycles. The van der Waals surface area contributed by atoms with Gasteiger partial charge in [-0.2, -0.15) is 11.8 Å². The van der Waals surface area contributed by atoms with Crippen LogP contribution in [0.2, 0.25) is 0 Å². The molecule has 0 radical (unpaired) electrons. The first-order chi connectivity index (χ1) is 10.6. The van der Waals surface area contributed by atoms with Crippen LogP contribution in [0.25, 0.3) is 0 Å². The number of aromatic nitrogens is 1. The first-order valence-corrected chi connectivity index (χ1v) is 9.23. The summed E-state index contributed by atoms with van der Waals surface area (Å²) in [6.07, 6.45) is 1.97. The lowest BCUT2D eigenvalue weighted by molar-refractivity contribution is 0.119. The van der Waals surface area contributed by atoms with Crippen LogP contribution in [0.5, 0.6) is 0 Å². The highest BCUT2D eigenvalue weighted by atomic mass is 32.2. The number of thiazole rings is 1. The van der Waals surface area contributed by atoms with Crippen LogP contribution in [-0.4, -0.2) is 55.1 Å². The Hall–Kier alpha value is -1.05.